The second-order valence-corrected chi connectivity index (χ2v) is 8.48. The first-order valence-corrected chi connectivity index (χ1v) is 10.4. The lowest BCUT2D eigenvalue weighted by Gasteiger charge is -2.22. The second-order valence-electron chi connectivity index (χ2n) is 7.36. The van der Waals surface area contributed by atoms with Gasteiger partial charge in [-0.2, -0.15) is 0 Å². The third kappa shape index (κ3) is 4.50. The van der Waals surface area contributed by atoms with Crippen molar-refractivity contribution >= 4 is 51.5 Å². The van der Waals surface area contributed by atoms with Gasteiger partial charge in [0, 0.05) is 33.1 Å². The molecule has 0 radical (unpaired) electrons. The molecule has 4 nitrogen and oxygen atoms in total. The standard InChI is InChI=1S/C20H28N4S.HI/c1-21-20(24-13-15-7-2-3-8-16(15)14-24)22-12-6-11-19-23-17-9-4-5-10-18(17)25-19;/h4-5,9-10,15-16H,2-3,6-8,11-14H2,1H3,(H,21,22);1H. The zero-order valence-corrected chi connectivity index (χ0v) is 18.6. The highest BCUT2D eigenvalue weighted by atomic mass is 127. The van der Waals surface area contributed by atoms with Gasteiger partial charge in [0.2, 0.25) is 0 Å². The minimum atomic E-state index is 0. The summed E-state index contributed by atoms with van der Waals surface area (Å²) in [6, 6.07) is 8.40. The molecule has 142 valence electrons. The first kappa shape index (κ1) is 19.9. The average Bonchev–Trinajstić information content (AvgIpc) is 3.25. The molecule has 2 heterocycles. The topological polar surface area (TPSA) is 40.5 Å². The maximum atomic E-state index is 4.73. The Morgan fingerprint density at radius 3 is 2.65 bits per heavy atom. The third-order valence-corrected chi connectivity index (χ3v) is 6.77. The van der Waals surface area contributed by atoms with Crippen molar-refractivity contribution in [2.45, 2.75) is 38.5 Å². The number of thiazole rings is 1. The minimum Gasteiger partial charge on any atom is -0.356 e. The van der Waals surface area contributed by atoms with Crippen LogP contribution in [0, 0.1) is 11.8 Å². The van der Waals surface area contributed by atoms with Crippen LogP contribution in [0.5, 0.6) is 0 Å². The van der Waals surface area contributed by atoms with Gasteiger partial charge in [-0.25, -0.2) is 4.98 Å². The Morgan fingerprint density at radius 1 is 1.23 bits per heavy atom. The number of hydrogen-bond donors (Lipinski definition) is 1. The number of rotatable bonds is 4. The van der Waals surface area contributed by atoms with Crippen LogP contribution in [-0.4, -0.2) is 42.5 Å². The number of nitrogens with zero attached hydrogens (tertiary/aromatic N) is 3. The number of guanidine groups is 1. The highest BCUT2D eigenvalue weighted by molar-refractivity contribution is 14.0. The van der Waals surface area contributed by atoms with Crippen LogP contribution in [0.3, 0.4) is 0 Å². The molecule has 1 saturated carbocycles. The Labute approximate surface area is 177 Å². The third-order valence-electron chi connectivity index (χ3n) is 5.68. The van der Waals surface area contributed by atoms with E-state index in [2.05, 4.69) is 39.5 Å². The van der Waals surface area contributed by atoms with Crippen molar-refractivity contribution in [2.75, 3.05) is 26.7 Å². The van der Waals surface area contributed by atoms with E-state index in [1.807, 2.05) is 18.4 Å². The average molecular weight is 484 g/mol. The van der Waals surface area contributed by atoms with Crippen molar-refractivity contribution in [1.29, 1.82) is 0 Å². The maximum Gasteiger partial charge on any atom is 0.193 e. The van der Waals surface area contributed by atoms with E-state index in [1.165, 1.54) is 48.5 Å². The Morgan fingerprint density at radius 2 is 1.96 bits per heavy atom. The number of fused-ring (bicyclic) bond motifs is 2. The molecule has 2 aromatic rings. The second kappa shape index (κ2) is 9.35. The van der Waals surface area contributed by atoms with Crippen LogP contribution in [0.1, 0.15) is 37.1 Å². The molecule has 1 aliphatic carbocycles. The van der Waals surface area contributed by atoms with Gasteiger partial charge < -0.3 is 10.2 Å². The number of likely N-dealkylation sites (tertiary alicyclic amines) is 1. The summed E-state index contributed by atoms with van der Waals surface area (Å²) in [5, 5.41) is 4.82. The van der Waals surface area contributed by atoms with Crippen molar-refractivity contribution in [2.24, 2.45) is 16.8 Å². The number of hydrogen-bond acceptors (Lipinski definition) is 3. The predicted octanol–water partition coefficient (Wildman–Crippen LogP) is 4.54. The Kier molecular flexibility index (Phi) is 7.14. The summed E-state index contributed by atoms with van der Waals surface area (Å²) in [6.45, 7) is 3.36. The van der Waals surface area contributed by atoms with E-state index >= 15 is 0 Å². The molecule has 26 heavy (non-hydrogen) atoms. The van der Waals surface area contributed by atoms with Crippen molar-refractivity contribution in [3.8, 4) is 0 Å². The summed E-state index contributed by atoms with van der Waals surface area (Å²) in [7, 11) is 1.91. The molecule has 0 bridgehead atoms. The van der Waals surface area contributed by atoms with Crippen LogP contribution < -0.4 is 5.32 Å². The lowest BCUT2D eigenvalue weighted by molar-refractivity contribution is 0.299. The summed E-state index contributed by atoms with van der Waals surface area (Å²) in [6.07, 6.45) is 7.80. The summed E-state index contributed by atoms with van der Waals surface area (Å²) < 4.78 is 1.29. The fraction of sp³-hybridized carbons (Fsp3) is 0.600. The Bertz CT molecular complexity index is 697. The first-order chi connectivity index (χ1) is 12.3. The Hall–Kier alpha value is -0.890. The molecule has 2 fully saturated rings. The van der Waals surface area contributed by atoms with E-state index in [4.69, 9.17) is 4.98 Å². The molecule has 1 saturated heterocycles. The molecule has 2 unspecified atom stereocenters. The molecular weight excluding hydrogens is 455 g/mol. The minimum absolute atomic E-state index is 0. The quantitative estimate of drug-likeness (QED) is 0.300. The van der Waals surface area contributed by atoms with Crippen LogP contribution in [0.15, 0.2) is 29.3 Å². The van der Waals surface area contributed by atoms with Gasteiger partial charge in [0.15, 0.2) is 5.96 Å². The molecule has 2 atom stereocenters. The van der Waals surface area contributed by atoms with Crippen molar-refractivity contribution in [3.05, 3.63) is 29.3 Å². The van der Waals surface area contributed by atoms with Gasteiger partial charge in [0.1, 0.15) is 0 Å². The van der Waals surface area contributed by atoms with Gasteiger partial charge in [0.25, 0.3) is 0 Å². The monoisotopic (exact) mass is 484 g/mol. The van der Waals surface area contributed by atoms with Crippen LogP contribution in [0.2, 0.25) is 0 Å². The molecule has 6 heteroatoms. The lowest BCUT2D eigenvalue weighted by Crippen LogP contribution is -2.40. The van der Waals surface area contributed by atoms with E-state index in [-0.39, 0.29) is 24.0 Å². The molecular formula is C20H29IN4S. The number of halogens is 1. The summed E-state index contributed by atoms with van der Waals surface area (Å²) in [4.78, 5) is 11.7. The zero-order valence-electron chi connectivity index (χ0n) is 15.5. The normalized spacial score (nSPS) is 23.0. The van der Waals surface area contributed by atoms with E-state index in [0.717, 1.165) is 42.7 Å². The maximum absolute atomic E-state index is 4.73. The molecule has 4 rings (SSSR count). The largest absolute Gasteiger partial charge is 0.356 e. The first-order valence-electron chi connectivity index (χ1n) is 9.63. The highest BCUT2D eigenvalue weighted by Gasteiger charge is 2.35. The molecule has 1 aliphatic heterocycles. The number of aromatic nitrogens is 1. The van der Waals surface area contributed by atoms with Gasteiger partial charge in [-0.15, -0.1) is 35.3 Å². The van der Waals surface area contributed by atoms with Crippen LogP contribution in [0.4, 0.5) is 0 Å². The van der Waals surface area contributed by atoms with Gasteiger partial charge in [-0.1, -0.05) is 25.0 Å². The molecule has 1 N–H and O–H groups in total. The number of aliphatic imine (C=N–C) groups is 1. The smallest absolute Gasteiger partial charge is 0.193 e. The van der Waals surface area contributed by atoms with Crippen LogP contribution >= 0.6 is 35.3 Å². The van der Waals surface area contributed by atoms with Gasteiger partial charge in [0.05, 0.1) is 15.2 Å². The molecule has 2 aliphatic rings. The van der Waals surface area contributed by atoms with Crippen molar-refractivity contribution in [3.63, 3.8) is 0 Å². The SMILES string of the molecule is CN=C(NCCCc1nc2ccccc2s1)N1CC2CCCCC2C1.I. The van der Waals surface area contributed by atoms with Crippen molar-refractivity contribution < 1.29 is 0 Å². The fourth-order valence-corrected chi connectivity index (χ4v) is 5.39. The number of aryl methyl sites for hydroxylation is 1. The lowest BCUT2D eigenvalue weighted by atomic mass is 9.82. The molecule has 1 aromatic carbocycles. The summed E-state index contributed by atoms with van der Waals surface area (Å²) >= 11 is 1.82. The number of para-hydroxylation sites is 1. The molecule has 0 amide bonds. The van der Waals surface area contributed by atoms with Gasteiger partial charge >= 0.3 is 0 Å². The van der Waals surface area contributed by atoms with E-state index in [9.17, 15) is 0 Å². The number of benzene rings is 1. The van der Waals surface area contributed by atoms with E-state index in [1.54, 1.807) is 0 Å². The van der Waals surface area contributed by atoms with Crippen LogP contribution in [0.25, 0.3) is 10.2 Å². The Balaban J connectivity index is 0.00000196. The number of nitrogens with one attached hydrogen (secondary N) is 1. The predicted molar refractivity (Wildman–Crippen MR) is 122 cm³/mol. The fourth-order valence-electron chi connectivity index (χ4n) is 4.38. The summed E-state index contributed by atoms with van der Waals surface area (Å²) in [5.74, 6) is 2.89. The highest BCUT2D eigenvalue weighted by Crippen LogP contribution is 2.35. The van der Waals surface area contributed by atoms with E-state index in [0.29, 0.717) is 0 Å². The van der Waals surface area contributed by atoms with E-state index < -0.39 is 0 Å². The van der Waals surface area contributed by atoms with Gasteiger partial charge in [-0.3, -0.25) is 4.99 Å². The van der Waals surface area contributed by atoms with Gasteiger partial charge in [-0.05, 0) is 43.2 Å². The zero-order chi connectivity index (χ0) is 17.1. The molecule has 0 spiro atoms. The molecule has 1 aromatic heterocycles. The van der Waals surface area contributed by atoms with Crippen molar-refractivity contribution in [1.82, 2.24) is 15.2 Å². The summed E-state index contributed by atoms with van der Waals surface area (Å²) in [5.41, 5.74) is 1.13. The van der Waals surface area contributed by atoms with Crippen LogP contribution in [-0.2, 0) is 6.42 Å².